The van der Waals surface area contributed by atoms with Gasteiger partial charge >= 0.3 is 0 Å². The first-order chi connectivity index (χ1) is 4.93. The maximum Gasteiger partial charge on any atom is 0.0363 e. The molecule has 0 bridgehead atoms. The van der Waals surface area contributed by atoms with Gasteiger partial charge in [0.2, 0.25) is 0 Å². The van der Waals surface area contributed by atoms with Crippen molar-refractivity contribution in [1.82, 2.24) is 10.4 Å². The molecule has 1 aromatic rings. The minimum Gasteiger partial charge on any atom is -0.239 e. The van der Waals surface area contributed by atoms with E-state index in [4.69, 9.17) is 11.8 Å². The van der Waals surface area contributed by atoms with Gasteiger partial charge in [-0.2, -0.15) is 4.94 Å². The molecule has 0 amide bonds. The number of hydrogen-bond acceptors (Lipinski definition) is 2. The molecule has 0 aliphatic rings. The molecule has 2 N–H and O–H groups in total. The monoisotopic (exact) mass is 156 g/mol. The van der Waals surface area contributed by atoms with Crippen LogP contribution in [0.15, 0.2) is 30.3 Å². The summed E-state index contributed by atoms with van der Waals surface area (Å²) in [6, 6.07) is 10.0. The first-order valence-electron chi connectivity index (χ1n) is 3.06. The first-order valence-corrected chi connectivity index (χ1v) is 3.43. The molecule has 0 saturated carbocycles. The quantitative estimate of drug-likeness (QED) is 0.511. The summed E-state index contributed by atoms with van der Waals surface area (Å²) in [6.45, 7) is 0.740. The topological polar surface area (TPSA) is 24.1 Å². The Bertz CT molecular complexity index is 176. The third-order valence-corrected chi connectivity index (χ3v) is 1.34. The highest BCUT2D eigenvalue weighted by Gasteiger charge is 1.86. The highest BCUT2D eigenvalue weighted by atomic mass is 35.5. The van der Waals surface area contributed by atoms with Crippen molar-refractivity contribution in [1.29, 1.82) is 0 Å². The van der Waals surface area contributed by atoms with Crippen molar-refractivity contribution in [3.63, 3.8) is 0 Å². The van der Waals surface area contributed by atoms with E-state index < -0.39 is 0 Å². The van der Waals surface area contributed by atoms with Crippen LogP contribution in [-0.4, -0.2) is 0 Å². The van der Waals surface area contributed by atoms with Crippen molar-refractivity contribution < 1.29 is 0 Å². The summed E-state index contributed by atoms with van der Waals surface area (Å²) in [5.41, 5.74) is 3.98. The van der Waals surface area contributed by atoms with E-state index in [0.717, 1.165) is 6.54 Å². The Kier molecular flexibility index (Phi) is 3.22. The van der Waals surface area contributed by atoms with Crippen molar-refractivity contribution >= 4 is 11.8 Å². The van der Waals surface area contributed by atoms with Crippen molar-refractivity contribution in [2.45, 2.75) is 6.54 Å². The molecule has 1 rings (SSSR count). The molecule has 0 aromatic heterocycles. The van der Waals surface area contributed by atoms with Gasteiger partial charge in [0.05, 0.1) is 0 Å². The van der Waals surface area contributed by atoms with E-state index in [0.29, 0.717) is 0 Å². The van der Waals surface area contributed by atoms with Gasteiger partial charge in [-0.25, -0.2) is 5.43 Å². The van der Waals surface area contributed by atoms with E-state index in [1.54, 1.807) is 0 Å². The molecule has 0 aliphatic heterocycles. The lowest BCUT2D eigenvalue weighted by Crippen LogP contribution is -2.21. The van der Waals surface area contributed by atoms with E-state index in [1.165, 1.54) is 5.56 Å². The van der Waals surface area contributed by atoms with Crippen molar-refractivity contribution in [3.05, 3.63) is 35.9 Å². The molecule has 54 valence electrons. The normalized spacial score (nSPS) is 9.70. The second-order valence-electron chi connectivity index (χ2n) is 1.93. The van der Waals surface area contributed by atoms with Gasteiger partial charge in [0.15, 0.2) is 0 Å². The molecule has 0 fully saturated rings. The summed E-state index contributed by atoms with van der Waals surface area (Å²) in [6.07, 6.45) is 0. The number of nitrogens with one attached hydrogen (secondary N) is 2. The van der Waals surface area contributed by atoms with Crippen LogP contribution in [0.3, 0.4) is 0 Å². The van der Waals surface area contributed by atoms with Gasteiger partial charge in [0.1, 0.15) is 0 Å². The number of hydrogen-bond donors (Lipinski definition) is 2. The molecule has 0 atom stereocenters. The summed E-state index contributed by atoms with van der Waals surface area (Å²) in [4.78, 5) is 2.34. The summed E-state index contributed by atoms with van der Waals surface area (Å²) in [7, 11) is 0. The summed E-state index contributed by atoms with van der Waals surface area (Å²) in [5, 5.41) is 0. The van der Waals surface area contributed by atoms with Crippen molar-refractivity contribution in [2.75, 3.05) is 0 Å². The zero-order valence-electron chi connectivity index (χ0n) is 5.47. The smallest absolute Gasteiger partial charge is 0.0363 e. The van der Waals surface area contributed by atoms with Crippen LogP contribution in [0.2, 0.25) is 0 Å². The fraction of sp³-hybridized carbons (Fsp3) is 0.143. The van der Waals surface area contributed by atoms with Crippen LogP contribution < -0.4 is 10.4 Å². The third-order valence-electron chi connectivity index (χ3n) is 1.20. The number of benzene rings is 1. The van der Waals surface area contributed by atoms with E-state index in [-0.39, 0.29) is 0 Å². The fourth-order valence-electron chi connectivity index (χ4n) is 0.731. The fourth-order valence-corrected chi connectivity index (χ4v) is 0.798. The standard InChI is InChI=1S/C7H9ClN2/c8-10-9-6-7-4-2-1-3-5-7/h1-5,9-10H,6H2. The summed E-state index contributed by atoms with van der Waals surface area (Å²) >= 11 is 5.19. The van der Waals surface area contributed by atoms with Gasteiger partial charge in [-0.15, -0.1) is 0 Å². The maximum atomic E-state index is 5.19. The molecule has 0 spiro atoms. The van der Waals surface area contributed by atoms with Gasteiger partial charge in [0, 0.05) is 6.54 Å². The lowest BCUT2D eigenvalue weighted by Gasteiger charge is -1.99. The number of halogens is 1. The molecule has 10 heavy (non-hydrogen) atoms. The molecule has 0 radical (unpaired) electrons. The third kappa shape index (κ3) is 2.35. The summed E-state index contributed by atoms with van der Waals surface area (Å²) in [5.74, 6) is 0. The molecule has 2 nitrogen and oxygen atoms in total. The molecule has 0 aliphatic carbocycles. The van der Waals surface area contributed by atoms with Crippen LogP contribution in [0.5, 0.6) is 0 Å². The van der Waals surface area contributed by atoms with Crippen molar-refractivity contribution in [3.8, 4) is 0 Å². The number of rotatable bonds is 3. The second-order valence-corrected chi connectivity index (χ2v) is 2.12. The highest BCUT2D eigenvalue weighted by Crippen LogP contribution is 1.95. The Hall–Kier alpha value is -0.570. The lowest BCUT2D eigenvalue weighted by atomic mass is 10.2. The average molecular weight is 157 g/mol. The predicted molar refractivity (Wildman–Crippen MR) is 42.3 cm³/mol. The molecule has 1 aromatic carbocycles. The largest absolute Gasteiger partial charge is 0.239 e. The van der Waals surface area contributed by atoms with Crippen LogP contribution >= 0.6 is 11.8 Å². The Balaban J connectivity index is 2.43. The zero-order chi connectivity index (χ0) is 7.23. The molecular formula is C7H9ClN2. The number of hydrazine groups is 1. The van der Waals surface area contributed by atoms with E-state index in [2.05, 4.69) is 10.4 Å². The van der Waals surface area contributed by atoms with Gasteiger partial charge in [-0.05, 0) is 17.3 Å². The predicted octanol–water partition coefficient (Wildman–Crippen LogP) is 1.43. The highest BCUT2D eigenvalue weighted by molar-refractivity contribution is 6.13. The van der Waals surface area contributed by atoms with Crippen LogP contribution in [-0.2, 0) is 6.54 Å². The van der Waals surface area contributed by atoms with Gasteiger partial charge in [-0.3, -0.25) is 0 Å². The Morgan fingerprint density at radius 3 is 2.50 bits per heavy atom. The zero-order valence-corrected chi connectivity index (χ0v) is 6.23. The molecule has 3 heteroatoms. The average Bonchev–Trinajstić information content (AvgIpc) is 2.03. The van der Waals surface area contributed by atoms with Gasteiger partial charge in [-0.1, -0.05) is 30.3 Å². The van der Waals surface area contributed by atoms with Crippen LogP contribution in [0, 0.1) is 0 Å². The summed E-state index contributed by atoms with van der Waals surface area (Å²) < 4.78 is 0. The van der Waals surface area contributed by atoms with Crippen molar-refractivity contribution in [2.24, 2.45) is 0 Å². The van der Waals surface area contributed by atoms with E-state index >= 15 is 0 Å². The van der Waals surface area contributed by atoms with Gasteiger partial charge < -0.3 is 0 Å². The molecule has 0 saturated heterocycles. The van der Waals surface area contributed by atoms with Gasteiger partial charge in [0.25, 0.3) is 0 Å². The molecule has 0 heterocycles. The Labute approximate surface area is 65.3 Å². The second kappa shape index (κ2) is 4.28. The minimum absolute atomic E-state index is 0.740. The van der Waals surface area contributed by atoms with Crippen LogP contribution in [0.25, 0.3) is 0 Å². The molecule has 0 unspecified atom stereocenters. The van der Waals surface area contributed by atoms with Crippen LogP contribution in [0.1, 0.15) is 5.56 Å². The first kappa shape index (κ1) is 7.54. The van der Waals surface area contributed by atoms with E-state index in [9.17, 15) is 0 Å². The minimum atomic E-state index is 0.740. The lowest BCUT2D eigenvalue weighted by molar-refractivity contribution is 0.677. The van der Waals surface area contributed by atoms with Crippen LogP contribution in [0.4, 0.5) is 0 Å². The molecular weight excluding hydrogens is 148 g/mol. The SMILES string of the molecule is ClNNCc1ccccc1. The maximum absolute atomic E-state index is 5.19. The Morgan fingerprint density at radius 2 is 1.90 bits per heavy atom. The Morgan fingerprint density at radius 1 is 1.20 bits per heavy atom. The van der Waals surface area contributed by atoms with E-state index in [1.807, 2.05) is 30.3 Å².